The van der Waals surface area contributed by atoms with Crippen LogP contribution < -0.4 is 19.7 Å². The summed E-state index contributed by atoms with van der Waals surface area (Å²) in [7, 11) is 5.17. The number of nitrogens with zero attached hydrogens (tertiary/aromatic N) is 3. The molecule has 0 radical (unpaired) electrons. The van der Waals surface area contributed by atoms with Crippen molar-refractivity contribution in [2.24, 2.45) is 0 Å². The van der Waals surface area contributed by atoms with E-state index in [-0.39, 0.29) is 10.6 Å². The fraction of sp³-hybridized carbons (Fsp3) is 0.261. The van der Waals surface area contributed by atoms with Crippen LogP contribution in [0.5, 0.6) is 11.5 Å². The third-order valence-electron chi connectivity index (χ3n) is 4.89. The number of amides is 1. The summed E-state index contributed by atoms with van der Waals surface area (Å²) in [6.45, 7) is 1.84. The fourth-order valence-corrected chi connectivity index (χ4v) is 4.32. The summed E-state index contributed by atoms with van der Waals surface area (Å²) < 4.78 is 24.0. The van der Waals surface area contributed by atoms with Crippen molar-refractivity contribution in [3.63, 3.8) is 0 Å². The molecule has 0 saturated heterocycles. The highest BCUT2D eigenvalue weighted by molar-refractivity contribution is 7.85. The molecule has 2 aromatic heterocycles. The first kappa shape index (κ1) is 23.2. The molecule has 0 aliphatic heterocycles. The topological polar surface area (TPSA) is 93.7 Å². The largest absolute Gasteiger partial charge is 0.497 e. The molecule has 9 heteroatoms. The van der Waals surface area contributed by atoms with Gasteiger partial charge in [-0.25, -0.2) is 4.98 Å². The van der Waals surface area contributed by atoms with Crippen molar-refractivity contribution >= 4 is 28.2 Å². The SMILES string of the molecule is COc1ccc(C(C)S(=O)c2nc(N(C)C)ccc2C(=O)Nc2cnccc2OC)cc1. The van der Waals surface area contributed by atoms with Gasteiger partial charge >= 0.3 is 0 Å². The van der Waals surface area contributed by atoms with E-state index in [9.17, 15) is 9.00 Å². The molecule has 0 spiro atoms. The monoisotopic (exact) mass is 454 g/mol. The van der Waals surface area contributed by atoms with Crippen molar-refractivity contribution in [2.75, 3.05) is 38.5 Å². The van der Waals surface area contributed by atoms with Crippen molar-refractivity contribution in [1.29, 1.82) is 0 Å². The van der Waals surface area contributed by atoms with Crippen molar-refractivity contribution < 1.29 is 18.5 Å². The normalized spacial score (nSPS) is 12.5. The van der Waals surface area contributed by atoms with E-state index in [1.165, 1.54) is 13.3 Å². The number of nitrogens with one attached hydrogen (secondary N) is 1. The lowest BCUT2D eigenvalue weighted by atomic mass is 10.1. The minimum atomic E-state index is -1.60. The highest BCUT2D eigenvalue weighted by Gasteiger charge is 2.25. The van der Waals surface area contributed by atoms with Crippen molar-refractivity contribution in [3.8, 4) is 11.5 Å². The predicted octanol–water partition coefficient (Wildman–Crippen LogP) is 3.68. The van der Waals surface area contributed by atoms with E-state index in [0.29, 0.717) is 23.0 Å². The summed E-state index contributed by atoms with van der Waals surface area (Å²) in [4.78, 5) is 23.5. The van der Waals surface area contributed by atoms with Crippen molar-refractivity contribution in [1.82, 2.24) is 9.97 Å². The van der Waals surface area contributed by atoms with Gasteiger partial charge in [-0.1, -0.05) is 12.1 Å². The first-order chi connectivity index (χ1) is 15.3. The van der Waals surface area contributed by atoms with Crippen molar-refractivity contribution in [3.05, 3.63) is 66.0 Å². The highest BCUT2D eigenvalue weighted by atomic mass is 32.2. The Morgan fingerprint density at radius 3 is 2.41 bits per heavy atom. The number of carbonyl (C=O) groups excluding carboxylic acids is 1. The van der Waals surface area contributed by atoms with Crippen LogP contribution in [-0.4, -0.2) is 48.4 Å². The van der Waals surface area contributed by atoms with E-state index in [1.54, 1.807) is 36.4 Å². The molecule has 1 aromatic carbocycles. The van der Waals surface area contributed by atoms with Crippen molar-refractivity contribution in [2.45, 2.75) is 17.2 Å². The molecule has 0 bridgehead atoms. The van der Waals surface area contributed by atoms with Gasteiger partial charge in [0.2, 0.25) is 0 Å². The molecular formula is C23H26N4O4S. The molecule has 2 heterocycles. The van der Waals surface area contributed by atoms with Crippen LogP contribution in [0.2, 0.25) is 0 Å². The van der Waals surface area contributed by atoms with Gasteiger partial charge in [-0.2, -0.15) is 0 Å². The molecule has 0 saturated carbocycles. The fourth-order valence-electron chi connectivity index (χ4n) is 3.02. The molecule has 8 nitrogen and oxygen atoms in total. The minimum absolute atomic E-state index is 0.208. The Hall–Kier alpha value is -3.46. The second kappa shape index (κ2) is 10.2. The summed E-state index contributed by atoms with van der Waals surface area (Å²) in [6.07, 6.45) is 3.06. The first-order valence-electron chi connectivity index (χ1n) is 9.88. The zero-order valence-electron chi connectivity index (χ0n) is 18.7. The zero-order chi connectivity index (χ0) is 23.3. The Kier molecular flexibility index (Phi) is 7.42. The van der Waals surface area contributed by atoms with Gasteiger partial charge < -0.3 is 19.7 Å². The lowest BCUT2D eigenvalue weighted by molar-refractivity contribution is 0.102. The molecule has 1 N–H and O–H groups in total. The van der Waals surface area contributed by atoms with Gasteiger partial charge in [0, 0.05) is 26.4 Å². The number of hydrogen-bond acceptors (Lipinski definition) is 7. The van der Waals surface area contributed by atoms with Gasteiger partial charge in [-0.3, -0.25) is 14.0 Å². The first-order valence-corrected chi connectivity index (χ1v) is 11.1. The molecule has 0 aliphatic carbocycles. The van der Waals surface area contributed by atoms with Gasteiger partial charge in [0.1, 0.15) is 28.0 Å². The lowest BCUT2D eigenvalue weighted by Crippen LogP contribution is -2.20. The van der Waals surface area contributed by atoms with E-state index in [4.69, 9.17) is 9.47 Å². The Morgan fingerprint density at radius 2 is 1.78 bits per heavy atom. The number of rotatable bonds is 8. The third kappa shape index (κ3) is 5.05. The number of aromatic nitrogens is 2. The Morgan fingerprint density at radius 1 is 1.06 bits per heavy atom. The number of ether oxygens (including phenoxy) is 2. The second-order valence-electron chi connectivity index (χ2n) is 7.16. The molecule has 2 atom stereocenters. The number of hydrogen-bond donors (Lipinski definition) is 1. The van der Waals surface area contributed by atoms with Crippen LogP contribution in [0.25, 0.3) is 0 Å². The van der Waals surface area contributed by atoms with Crippen LogP contribution in [-0.2, 0) is 10.8 Å². The molecule has 0 fully saturated rings. The highest BCUT2D eigenvalue weighted by Crippen LogP contribution is 2.30. The Balaban J connectivity index is 1.98. The predicted molar refractivity (Wildman–Crippen MR) is 125 cm³/mol. The van der Waals surface area contributed by atoms with E-state index in [2.05, 4.69) is 15.3 Å². The third-order valence-corrected chi connectivity index (χ3v) is 6.50. The summed E-state index contributed by atoms with van der Waals surface area (Å²) in [5, 5.41) is 2.59. The standard InChI is InChI=1S/C23H26N4O4S/c1-15(16-6-8-17(30-4)9-7-16)32(29)23-18(10-11-21(26-23)27(2)3)22(28)25-19-14-24-13-12-20(19)31-5/h6-15H,1-5H3,(H,25,28). The molecule has 32 heavy (non-hydrogen) atoms. The smallest absolute Gasteiger partial charge is 0.258 e. The summed E-state index contributed by atoms with van der Waals surface area (Å²) in [6, 6.07) is 12.3. The summed E-state index contributed by atoms with van der Waals surface area (Å²) in [5.74, 6) is 1.34. The van der Waals surface area contributed by atoms with Gasteiger partial charge in [0.15, 0.2) is 0 Å². The van der Waals surface area contributed by atoms with E-state index in [1.807, 2.05) is 45.3 Å². The average Bonchev–Trinajstić information content (AvgIpc) is 2.83. The van der Waals surface area contributed by atoms with Crippen LogP contribution in [0.4, 0.5) is 11.5 Å². The molecule has 168 valence electrons. The average molecular weight is 455 g/mol. The van der Waals surface area contributed by atoms with Crippen LogP contribution >= 0.6 is 0 Å². The maximum atomic E-state index is 13.6. The number of anilines is 2. The zero-order valence-corrected chi connectivity index (χ0v) is 19.5. The van der Waals surface area contributed by atoms with E-state index >= 15 is 0 Å². The number of pyridine rings is 2. The van der Waals surface area contributed by atoms with Gasteiger partial charge in [-0.05, 0) is 36.8 Å². The van der Waals surface area contributed by atoms with Gasteiger partial charge in [-0.15, -0.1) is 0 Å². The van der Waals surface area contributed by atoms with Crippen LogP contribution in [0.3, 0.4) is 0 Å². The van der Waals surface area contributed by atoms with Gasteiger partial charge in [0.25, 0.3) is 5.91 Å². The quantitative estimate of drug-likeness (QED) is 0.555. The maximum absolute atomic E-state index is 13.6. The number of methoxy groups -OCH3 is 2. The number of benzene rings is 1. The number of carbonyl (C=O) groups is 1. The van der Waals surface area contributed by atoms with Crippen LogP contribution in [0, 0.1) is 0 Å². The lowest BCUT2D eigenvalue weighted by Gasteiger charge is -2.18. The molecule has 0 aliphatic rings. The van der Waals surface area contributed by atoms with E-state index < -0.39 is 22.0 Å². The molecule has 1 amide bonds. The van der Waals surface area contributed by atoms with Crippen LogP contribution in [0.15, 0.2) is 59.9 Å². The van der Waals surface area contributed by atoms with Gasteiger partial charge in [0.05, 0.1) is 42.0 Å². The summed E-state index contributed by atoms with van der Waals surface area (Å²) in [5.41, 5.74) is 1.48. The maximum Gasteiger partial charge on any atom is 0.258 e. The Labute approximate surface area is 190 Å². The molecular weight excluding hydrogens is 428 g/mol. The minimum Gasteiger partial charge on any atom is -0.497 e. The van der Waals surface area contributed by atoms with E-state index in [0.717, 1.165) is 5.56 Å². The Bertz CT molecular complexity index is 1120. The molecule has 3 aromatic rings. The molecule has 3 rings (SSSR count). The molecule has 2 unspecified atom stereocenters. The van der Waals surface area contributed by atoms with Crippen LogP contribution in [0.1, 0.15) is 28.1 Å². The summed E-state index contributed by atoms with van der Waals surface area (Å²) >= 11 is 0. The second-order valence-corrected chi connectivity index (χ2v) is 8.85.